The Hall–Kier alpha value is -1.63. The van der Waals surface area contributed by atoms with E-state index in [4.69, 9.17) is 10.8 Å². The Bertz CT molecular complexity index is 291. The Labute approximate surface area is 98.9 Å². The highest BCUT2D eigenvalue weighted by molar-refractivity contribution is 5.87. The normalized spacial score (nSPS) is 13.6. The summed E-state index contributed by atoms with van der Waals surface area (Å²) in [6.07, 6.45) is -0.403. The van der Waals surface area contributed by atoms with E-state index in [1.165, 1.54) is 0 Å². The number of carbonyl (C=O) groups is 3. The molecule has 0 rings (SSSR count). The zero-order chi connectivity index (χ0) is 13.4. The molecule has 0 amide bonds. The summed E-state index contributed by atoms with van der Waals surface area (Å²) in [6.45, 7) is 3.42. The average Bonchev–Trinajstić information content (AvgIpc) is 2.25. The van der Waals surface area contributed by atoms with Crippen molar-refractivity contribution in [3.05, 3.63) is 0 Å². The first kappa shape index (κ1) is 15.4. The van der Waals surface area contributed by atoms with Crippen LogP contribution in [0, 0.1) is 5.92 Å². The lowest BCUT2D eigenvalue weighted by Crippen LogP contribution is -2.44. The van der Waals surface area contributed by atoms with Crippen LogP contribution in [0.4, 0.5) is 0 Å². The summed E-state index contributed by atoms with van der Waals surface area (Å²) in [5.74, 6) is -4.09. The molecule has 0 bridgehead atoms. The van der Waals surface area contributed by atoms with Crippen molar-refractivity contribution in [2.24, 2.45) is 11.7 Å². The molecule has 0 saturated carbocycles. The number of carboxylic acids is 1. The second-order valence-corrected chi connectivity index (χ2v) is 3.23. The summed E-state index contributed by atoms with van der Waals surface area (Å²) in [4.78, 5) is 33.4. The van der Waals surface area contributed by atoms with Gasteiger partial charge in [0.25, 0.3) is 0 Å². The monoisotopic (exact) mass is 247 g/mol. The van der Waals surface area contributed by atoms with Gasteiger partial charge in [0.05, 0.1) is 25.6 Å². The number of aliphatic carboxylic acids is 1. The minimum atomic E-state index is -1.49. The summed E-state index contributed by atoms with van der Waals surface area (Å²) in [7, 11) is 0. The molecule has 2 atom stereocenters. The van der Waals surface area contributed by atoms with Crippen molar-refractivity contribution < 1.29 is 29.0 Å². The van der Waals surface area contributed by atoms with Crippen LogP contribution in [-0.4, -0.2) is 42.3 Å². The van der Waals surface area contributed by atoms with Crippen LogP contribution in [0.15, 0.2) is 0 Å². The molecule has 0 aliphatic carbocycles. The number of nitrogens with two attached hydrogens (primary N) is 1. The molecule has 0 aromatic carbocycles. The number of ether oxygens (including phenoxy) is 2. The number of carbonyl (C=O) groups excluding carboxylic acids is 2. The van der Waals surface area contributed by atoms with Gasteiger partial charge < -0.3 is 20.3 Å². The van der Waals surface area contributed by atoms with Gasteiger partial charge in [-0.3, -0.25) is 14.4 Å². The largest absolute Gasteiger partial charge is 0.480 e. The van der Waals surface area contributed by atoms with Crippen LogP contribution in [0.5, 0.6) is 0 Å². The van der Waals surface area contributed by atoms with Crippen molar-refractivity contribution in [1.29, 1.82) is 0 Å². The summed E-state index contributed by atoms with van der Waals surface area (Å²) in [5.41, 5.74) is 5.33. The molecule has 0 radical (unpaired) electrons. The average molecular weight is 247 g/mol. The second kappa shape index (κ2) is 7.61. The van der Waals surface area contributed by atoms with Gasteiger partial charge in [-0.1, -0.05) is 0 Å². The Morgan fingerprint density at radius 1 is 1.18 bits per heavy atom. The number of carboxylic acid groups (broad SMARTS) is 1. The predicted molar refractivity (Wildman–Crippen MR) is 57.0 cm³/mol. The highest BCUT2D eigenvalue weighted by Gasteiger charge is 2.34. The van der Waals surface area contributed by atoms with E-state index in [0.29, 0.717) is 0 Å². The topological polar surface area (TPSA) is 116 Å². The molecule has 3 N–H and O–H groups in total. The van der Waals surface area contributed by atoms with Gasteiger partial charge in [0, 0.05) is 0 Å². The molecule has 98 valence electrons. The van der Waals surface area contributed by atoms with E-state index in [0.717, 1.165) is 0 Å². The van der Waals surface area contributed by atoms with E-state index in [-0.39, 0.29) is 13.2 Å². The molecular formula is C10H17NO6. The third-order valence-corrected chi connectivity index (χ3v) is 2.00. The summed E-state index contributed by atoms with van der Waals surface area (Å²) < 4.78 is 9.30. The van der Waals surface area contributed by atoms with E-state index in [1.54, 1.807) is 13.8 Å². The summed E-state index contributed by atoms with van der Waals surface area (Å²) in [5, 5.41) is 8.73. The molecule has 0 spiro atoms. The van der Waals surface area contributed by atoms with Crippen LogP contribution in [0.1, 0.15) is 20.3 Å². The Balaban J connectivity index is 4.67. The smallest absolute Gasteiger partial charge is 0.321 e. The van der Waals surface area contributed by atoms with Gasteiger partial charge in [-0.2, -0.15) is 0 Å². The first-order valence-electron chi connectivity index (χ1n) is 5.24. The van der Waals surface area contributed by atoms with Crippen LogP contribution >= 0.6 is 0 Å². The highest BCUT2D eigenvalue weighted by Crippen LogP contribution is 2.12. The number of esters is 2. The fourth-order valence-electron chi connectivity index (χ4n) is 1.18. The van der Waals surface area contributed by atoms with E-state index in [2.05, 4.69) is 9.47 Å². The third kappa shape index (κ3) is 5.30. The standard InChI is InChI=1S/C10H17NO6/c1-3-16-7(12)5-6(8(11)9(13)14)10(15)17-4-2/h6,8H,3-5,11H2,1-2H3,(H,13,14)/t6-,8-/m0/s1. The van der Waals surface area contributed by atoms with Crippen LogP contribution in [0.2, 0.25) is 0 Å². The predicted octanol–water partition coefficient (Wildman–Crippen LogP) is -0.469. The van der Waals surface area contributed by atoms with Crippen molar-refractivity contribution in [2.75, 3.05) is 13.2 Å². The number of hydrogen-bond donors (Lipinski definition) is 2. The van der Waals surface area contributed by atoms with Crippen molar-refractivity contribution in [2.45, 2.75) is 26.3 Å². The van der Waals surface area contributed by atoms with Crippen LogP contribution in [-0.2, 0) is 23.9 Å². The quantitative estimate of drug-likeness (QED) is 0.584. The maximum Gasteiger partial charge on any atom is 0.321 e. The Kier molecular flexibility index (Phi) is 6.88. The molecule has 7 nitrogen and oxygen atoms in total. The van der Waals surface area contributed by atoms with E-state index >= 15 is 0 Å². The molecule has 0 aliphatic rings. The lowest BCUT2D eigenvalue weighted by atomic mass is 9.97. The molecular weight excluding hydrogens is 230 g/mol. The van der Waals surface area contributed by atoms with Gasteiger partial charge in [0.15, 0.2) is 0 Å². The molecule has 0 heterocycles. The van der Waals surface area contributed by atoms with Crippen LogP contribution in [0.3, 0.4) is 0 Å². The van der Waals surface area contributed by atoms with Crippen molar-refractivity contribution in [3.8, 4) is 0 Å². The van der Waals surface area contributed by atoms with Crippen molar-refractivity contribution in [1.82, 2.24) is 0 Å². The van der Waals surface area contributed by atoms with E-state index in [1.807, 2.05) is 0 Å². The van der Waals surface area contributed by atoms with Crippen molar-refractivity contribution >= 4 is 17.9 Å². The van der Waals surface area contributed by atoms with Gasteiger partial charge in [0.1, 0.15) is 6.04 Å². The van der Waals surface area contributed by atoms with Gasteiger partial charge >= 0.3 is 17.9 Å². The lowest BCUT2D eigenvalue weighted by Gasteiger charge is -2.18. The molecule has 0 aliphatic heterocycles. The van der Waals surface area contributed by atoms with E-state index in [9.17, 15) is 14.4 Å². The van der Waals surface area contributed by atoms with Gasteiger partial charge in [-0.25, -0.2) is 0 Å². The van der Waals surface area contributed by atoms with E-state index < -0.39 is 36.3 Å². The van der Waals surface area contributed by atoms with Gasteiger partial charge in [-0.15, -0.1) is 0 Å². The fourth-order valence-corrected chi connectivity index (χ4v) is 1.18. The van der Waals surface area contributed by atoms with Gasteiger partial charge in [0.2, 0.25) is 0 Å². The lowest BCUT2D eigenvalue weighted by molar-refractivity contribution is -0.158. The van der Waals surface area contributed by atoms with Crippen molar-refractivity contribution in [3.63, 3.8) is 0 Å². The first-order chi connectivity index (χ1) is 7.93. The maximum absolute atomic E-state index is 11.5. The van der Waals surface area contributed by atoms with Crippen LogP contribution < -0.4 is 5.73 Å². The zero-order valence-corrected chi connectivity index (χ0v) is 9.84. The SMILES string of the molecule is CCOC(=O)C[C@H](C(=O)OCC)[C@H](N)C(=O)O. The fraction of sp³-hybridized carbons (Fsp3) is 0.700. The maximum atomic E-state index is 11.5. The minimum Gasteiger partial charge on any atom is -0.480 e. The molecule has 17 heavy (non-hydrogen) atoms. The number of hydrogen-bond acceptors (Lipinski definition) is 6. The molecule has 0 fully saturated rings. The second-order valence-electron chi connectivity index (χ2n) is 3.23. The third-order valence-electron chi connectivity index (χ3n) is 2.00. The minimum absolute atomic E-state index is 0.0878. The molecule has 0 aromatic heterocycles. The summed E-state index contributed by atoms with van der Waals surface area (Å²) >= 11 is 0. The van der Waals surface area contributed by atoms with Gasteiger partial charge in [-0.05, 0) is 13.8 Å². The highest BCUT2D eigenvalue weighted by atomic mass is 16.5. The Morgan fingerprint density at radius 3 is 2.12 bits per heavy atom. The summed E-state index contributed by atoms with van der Waals surface area (Å²) in [6, 6.07) is -1.49. The molecule has 7 heteroatoms. The zero-order valence-electron chi connectivity index (χ0n) is 9.84. The number of rotatable bonds is 7. The first-order valence-corrected chi connectivity index (χ1v) is 5.24. The molecule has 0 unspecified atom stereocenters. The van der Waals surface area contributed by atoms with Crippen LogP contribution in [0.25, 0.3) is 0 Å². The molecule has 0 aromatic rings. The molecule has 0 saturated heterocycles. The Morgan fingerprint density at radius 2 is 1.71 bits per heavy atom.